The van der Waals surface area contributed by atoms with E-state index in [0.29, 0.717) is 5.54 Å². The Morgan fingerprint density at radius 2 is 1.52 bits per heavy atom. The van der Waals surface area contributed by atoms with Crippen LogP contribution in [0.4, 0.5) is 0 Å². The van der Waals surface area contributed by atoms with Crippen molar-refractivity contribution in [1.29, 1.82) is 0 Å². The van der Waals surface area contributed by atoms with Crippen LogP contribution in [0.15, 0.2) is 0 Å². The maximum Gasteiger partial charge on any atom is 0.0166 e. The first-order chi connectivity index (χ1) is 10.1. The number of nitrogens with zero attached hydrogens (tertiary/aromatic N) is 3. The van der Waals surface area contributed by atoms with Gasteiger partial charge >= 0.3 is 0 Å². The number of nitrogens with one attached hydrogen (secondary N) is 1. The quantitative estimate of drug-likeness (QED) is 0.694. The highest BCUT2D eigenvalue weighted by molar-refractivity contribution is 4.87. The molecule has 21 heavy (non-hydrogen) atoms. The molecule has 0 radical (unpaired) electrons. The summed E-state index contributed by atoms with van der Waals surface area (Å²) < 4.78 is 0. The molecule has 0 aliphatic carbocycles. The van der Waals surface area contributed by atoms with Gasteiger partial charge in [0.2, 0.25) is 0 Å². The van der Waals surface area contributed by atoms with Gasteiger partial charge in [-0.15, -0.1) is 0 Å². The van der Waals surface area contributed by atoms with E-state index in [1.807, 2.05) is 0 Å². The van der Waals surface area contributed by atoms with E-state index >= 15 is 0 Å². The molecular formula is C16H35N5. The van der Waals surface area contributed by atoms with Crippen molar-refractivity contribution in [2.45, 2.75) is 32.2 Å². The Labute approximate surface area is 130 Å². The Kier molecular flexibility index (Phi) is 6.89. The van der Waals surface area contributed by atoms with Gasteiger partial charge in [-0.2, -0.15) is 0 Å². The second-order valence-electron chi connectivity index (χ2n) is 7.12. The molecule has 0 atom stereocenters. The lowest BCUT2D eigenvalue weighted by Crippen LogP contribution is -2.56. The monoisotopic (exact) mass is 297 g/mol. The zero-order valence-electron chi connectivity index (χ0n) is 14.1. The second-order valence-corrected chi connectivity index (χ2v) is 7.12. The van der Waals surface area contributed by atoms with Crippen LogP contribution in [0, 0.1) is 0 Å². The Morgan fingerprint density at radius 3 is 2.14 bits per heavy atom. The van der Waals surface area contributed by atoms with E-state index in [2.05, 4.69) is 33.9 Å². The summed E-state index contributed by atoms with van der Waals surface area (Å²) in [4.78, 5) is 7.86. The summed E-state index contributed by atoms with van der Waals surface area (Å²) in [7, 11) is 0. The summed E-state index contributed by atoms with van der Waals surface area (Å²) in [6.07, 6.45) is 2.40. The van der Waals surface area contributed by atoms with Crippen LogP contribution >= 0.6 is 0 Å². The molecule has 5 nitrogen and oxygen atoms in total. The van der Waals surface area contributed by atoms with E-state index in [9.17, 15) is 0 Å². The van der Waals surface area contributed by atoms with Crippen LogP contribution in [0.2, 0.25) is 0 Å². The number of piperazine rings is 2. The lowest BCUT2D eigenvalue weighted by atomic mass is 9.96. The molecule has 0 aromatic carbocycles. The highest BCUT2D eigenvalue weighted by Crippen LogP contribution is 2.21. The Bertz CT molecular complexity index is 280. The summed E-state index contributed by atoms with van der Waals surface area (Å²) in [6.45, 7) is 17.6. The van der Waals surface area contributed by atoms with Crippen molar-refractivity contribution in [2.24, 2.45) is 5.73 Å². The van der Waals surface area contributed by atoms with Crippen molar-refractivity contribution in [1.82, 2.24) is 20.0 Å². The van der Waals surface area contributed by atoms with Gasteiger partial charge in [-0.05, 0) is 46.3 Å². The molecule has 2 fully saturated rings. The van der Waals surface area contributed by atoms with Gasteiger partial charge < -0.3 is 20.9 Å². The van der Waals surface area contributed by atoms with Gasteiger partial charge in [-0.25, -0.2) is 0 Å². The fraction of sp³-hybridized carbons (Fsp3) is 1.00. The van der Waals surface area contributed by atoms with Crippen LogP contribution in [0.3, 0.4) is 0 Å². The van der Waals surface area contributed by atoms with Gasteiger partial charge in [-0.3, -0.25) is 4.90 Å². The molecule has 3 N–H and O–H groups in total. The fourth-order valence-corrected chi connectivity index (χ4v) is 3.42. The van der Waals surface area contributed by atoms with Crippen molar-refractivity contribution in [3.8, 4) is 0 Å². The van der Waals surface area contributed by atoms with Gasteiger partial charge in [-0.1, -0.05) is 0 Å². The van der Waals surface area contributed by atoms with Crippen molar-refractivity contribution >= 4 is 0 Å². The molecule has 0 saturated carbocycles. The van der Waals surface area contributed by atoms with Crippen molar-refractivity contribution in [2.75, 3.05) is 72.0 Å². The first-order valence-corrected chi connectivity index (χ1v) is 8.72. The molecule has 0 bridgehead atoms. The van der Waals surface area contributed by atoms with E-state index in [0.717, 1.165) is 26.1 Å². The van der Waals surface area contributed by atoms with Crippen LogP contribution < -0.4 is 11.1 Å². The third-order valence-corrected chi connectivity index (χ3v) is 5.16. The minimum atomic E-state index is 0.324. The topological polar surface area (TPSA) is 47.8 Å². The van der Waals surface area contributed by atoms with Crippen LogP contribution in [0.25, 0.3) is 0 Å². The van der Waals surface area contributed by atoms with E-state index in [-0.39, 0.29) is 0 Å². The summed E-state index contributed by atoms with van der Waals surface area (Å²) in [6, 6.07) is 0. The third-order valence-electron chi connectivity index (χ3n) is 5.16. The summed E-state index contributed by atoms with van der Waals surface area (Å²) in [5.41, 5.74) is 5.93. The molecule has 0 aromatic rings. The minimum absolute atomic E-state index is 0.324. The van der Waals surface area contributed by atoms with Crippen LogP contribution in [0.5, 0.6) is 0 Å². The number of rotatable bonds is 7. The minimum Gasteiger partial charge on any atom is -0.330 e. The highest BCUT2D eigenvalue weighted by atomic mass is 15.3. The molecule has 124 valence electrons. The largest absolute Gasteiger partial charge is 0.330 e. The second kappa shape index (κ2) is 8.44. The molecule has 5 heteroatoms. The summed E-state index contributed by atoms with van der Waals surface area (Å²) in [5, 5.41) is 3.43. The zero-order valence-corrected chi connectivity index (χ0v) is 14.1. The lowest BCUT2D eigenvalue weighted by molar-refractivity contribution is 0.0398. The number of hydrogen-bond donors (Lipinski definition) is 2. The van der Waals surface area contributed by atoms with Crippen LogP contribution in [-0.4, -0.2) is 92.2 Å². The molecule has 2 saturated heterocycles. The van der Waals surface area contributed by atoms with Gasteiger partial charge in [0, 0.05) is 57.9 Å². The van der Waals surface area contributed by atoms with Crippen LogP contribution in [0.1, 0.15) is 26.7 Å². The van der Waals surface area contributed by atoms with E-state index in [1.165, 1.54) is 58.8 Å². The van der Waals surface area contributed by atoms with Crippen LogP contribution in [-0.2, 0) is 0 Å². The average Bonchev–Trinajstić information content (AvgIpc) is 2.52. The first kappa shape index (κ1) is 17.2. The summed E-state index contributed by atoms with van der Waals surface area (Å²) >= 11 is 0. The highest BCUT2D eigenvalue weighted by Gasteiger charge is 2.30. The molecule has 2 aliphatic rings. The molecule has 2 aliphatic heterocycles. The van der Waals surface area contributed by atoms with Crippen molar-refractivity contribution in [3.63, 3.8) is 0 Å². The third kappa shape index (κ3) is 5.49. The van der Waals surface area contributed by atoms with Gasteiger partial charge in [0.15, 0.2) is 0 Å². The predicted molar refractivity (Wildman–Crippen MR) is 89.7 cm³/mol. The zero-order chi connectivity index (χ0) is 15.1. The van der Waals surface area contributed by atoms with E-state index in [4.69, 9.17) is 5.73 Å². The SMILES string of the molecule is CC(C)(CCN1CCNCC1)N1CCN(CCCN)CC1. The molecular weight excluding hydrogens is 262 g/mol. The molecule has 0 aromatic heterocycles. The molecule has 0 amide bonds. The van der Waals surface area contributed by atoms with Crippen molar-refractivity contribution in [3.05, 3.63) is 0 Å². The standard InChI is InChI=1S/C16H35N5/c1-16(2,4-9-20-10-6-18-7-11-20)21-14-12-19(13-15-21)8-3-5-17/h18H,3-15,17H2,1-2H3. The lowest BCUT2D eigenvalue weighted by Gasteiger charge is -2.45. The van der Waals surface area contributed by atoms with E-state index < -0.39 is 0 Å². The van der Waals surface area contributed by atoms with Crippen molar-refractivity contribution < 1.29 is 0 Å². The van der Waals surface area contributed by atoms with Gasteiger partial charge in [0.1, 0.15) is 0 Å². The first-order valence-electron chi connectivity index (χ1n) is 8.72. The van der Waals surface area contributed by atoms with Gasteiger partial charge in [0.25, 0.3) is 0 Å². The molecule has 0 unspecified atom stereocenters. The molecule has 2 rings (SSSR count). The number of nitrogens with two attached hydrogens (primary N) is 1. The summed E-state index contributed by atoms with van der Waals surface area (Å²) in [5.74, 6) is 0. The average molecular weight is 297 g/mol. The Morgan fingerprint density at radius 1 is 0.905 bits per heavy atom. The Hall–Kier alpha value is -0.200. The number of hydrogen-bond acceptors (Lipinski definition) is 5. The molecule has 0 spiro atoms. The normalized spacial score (nSPS) is 23.6. The maximum atomic E-state index is 5.61. The smallest absolute Gasteiger partial charge is 0.0166 e. The van der Waals surface area contributed by atoms with E-state index in [1.54, 1.807) is 0 Å². The Balaban J connectivity index is 1.70. The maximum absolute atomic E-state index is 5.61. The molecule has 2 heterocycles. The fourth-order valence-electron chi connectivity index (χ4n) is 3.42. The van der Waals surface area contributed by atoms with Gasteiger partial charge in [0.05, 0.1) is 0 Å². The predicted octanol–water partition coefficient (Wildman–Crippen LogP) is 0.0267.